The molecule has 23 heavy (non-hydrogen) atoms. The molecule has 3 aromatic rings. The number of aromatic amines is 1. The molecule has 6 nitrogen and oxygen atoms in total. The average molecular weight is 374 g/mol. The summed E-state index contributed by atoms with van der Waals surface area (Å²) in [5, 5.41) is 0.510. The predicted molar refractivity (Wildman–Crippen MR) is 88.2 cm³/mol. The summed E-state index contributed by atoms with van der Waals surface area (Å²) in [6.07, 6.45) is 2.98. The first-order valence-corrected chi connectivity index (χ1v) is 7.60. The molecule has 2 aromatic heterocycles. The predicted octanol–water partition coefficient (Wildman–Crippen LogP) is 2.75. The number of aromatic nitrogens is 3. The minimum absolute atomic E-state index is 0.120. The van der Waals surface area contributed by atoms with Crippen molar-refractivity contribution in [2.45, 2.75) is 13.5 Å². The molecule has 0 amide bonds. The van der Waals surface area contributed by atoms with Gasteiger partial charge in [0.15, 0.2) is 0 Å². The van der Waals surface area contributed by atoms with Gasteiger partial charge in [0.05, 0.1) is 16.5 Å². The smallest absolute Gasteiger partial charge is 0.340 e. The van der Waals surface area contributed by atoms with Crippen LogP contribution in [0.5, 0.6) is 0 Å². The number of carbonyl (C=O) groups excluding carboxylic acids is 1. The van der Waals surface area contributed by atoms with Crippen LogP contribution in [0.15, 0.2) is 45.9 Å². The van der Waals surface area contributed by atoms with Crippen LogP contribution in [0.2, 0.25) is 0 Å². The zero-order valence-electron chi connectivity index (χ0n) is 12.2. The Balaban J connectivity index is 1.83. The summed E-state index contributed by atoms with van der Waals surface area (Å²) in [7, 11) is 0. The fourth-order valence-corrected chi connectivity index (χ4v) is 2.53. The number of rotatable bonds is 3. The highest BCUT2D eigenvalue weighted by atomic mass is 79.9. The number of H-pyrrole nitrogens is 1. The van der Waals surface area contributed by atoms with E-state index < -0.39 is 5.97 Å². The van der Waals surface area contributed by atoms with E-state index in [0.29, 0.717) is 26.8 Å². The van der Waals surface area contributed by atoms with E-state index in [1.54, 1.807) is 24.4 Å². The Bertz CT molecular complexity index is 953. The van der Waals surface area contributed by atoms with Gasteiger partial charge in [-0.3, -0.25) is 9.78 Å². The molecule has 0 saturated carbocycles. The third-order valence-corrected chi connectivity index (χ3v) is 3.70. The van der Waals surface area contributed by atoms with Crippen LogP contribution < -0.4 is 5.56 Å². The van der Waals surface area contributed by atoms with Crippen LogP contribution in [0, 0.1) is 6.92 Å². The standard InChI is InChI=1S/C16H12BrN3O3/c1-9-3-2-4-12-14(9)19-13(20-15(12)21)8-23-16(22)10-5-11(17)7-18-6-10/h2-7H,8H2,1H3,(H,19,20,21). The van der Waals surface area contributed by atoms with Crippen LogP contribution in [0.3, 0.4) is 0 Å². The second-order valence-electron chi connectivity index (χ2n) is 4.95. The normalized spacial score (nSPS) is 10.7. The fraction of sp³-hybridized carbons (Fsp3) is 0.125. The summed E-state index contributed by atoms with van der Waals surface area (Å²) in [5.74, 6) is -0.237. The van der Waals surface area contributed by atoms with Crippen LogP contribution in [0.1, 0.15) is 21.7 Å². The maximum atomic E-state index is 12.1. The molecule has 0 aliphatic heterocycles. The Morgan fingerprint density at radius 1 is 1.35 bits per heavy atom. The number of halogens is 1. The SMILES string of the molecule is Cc1cccc2c(=O)[nH]c(COC(=O)c3cncc(Br)c3)nc12. The zero-order chi connectivity index (χ0) is 16.4. The number of fused-ring (bicyclic) bond motifs is 1. The van der Waals surface area contributed by atoms with Crippen molar-refractivity contribution in [2.75, 3.05) is 0 Å². The number of nitrogens with zero attached hydrogens (tertiary/aromatic N) is 2. The summed E-state index contributed by atoms with van der Waals surface area (Å²) in [4.78, 5) is 34.9. The number of ether oxygens (including phenoxy) is 1. The van der Waals surface area contributed by atoms with Crippen molar-refractivity contribution >= 4 is 32.8 Å². The molecule has 0 spiro atoms. The van der Waals surface area contributed by atoms with Gasteiger partial charge in [-0.2, -0.15) is 0 Å². The first-order chi connectivity index (χ1) is 11.0. The van der Waals surface area contributed by atoms with Crippen molar-refractivity contribution in [3.63, 3.8) is 0 Å². The molecule has 0 unspecified atom stereocenters. The van der Waals surface area contributed by atoms with Gasteiger partial charge in [-0.05, 0) is 40.5 Å². The lowest BCUT2D eigenvalue weighted by Crippen LogP contribution is -2.15. The van der Waals surface area contributed by atoms with E-state index in [1.165, 1.54) is 6.20 Å². The summed E-state index contributed by atoms with van der Waals surface area (Å²) in [5.41, 5.74) is 1.55. The van der Waals surface area contributed by atoms with Gasteiger partial charge in [-0.15, -0.1) is 0 Å². The quantitative estimate of drug-likeness (QED) is 0.713. The lowest BCUT2D eigenvalue weighted by atomic mass is 10.1. The largest absolute Gasteiger partial charge is 0.454 e. The highest BCUT2D eigenvalue weighted by Crippen LogP contribution is 2.13. The van der Waals surface area contributed by atoms with E-state index >= 15 is 0 Å². The second-order valence-corrected chi connectivity index (χ2v) is 5.87. The van der Waals surface area contributed by atoms with Crippen molar-refractivity contribution in [3.05, 3.63) is 68.4 Å². The summed E-state index contributed by atoms with van der Waals surface area (Å²) >= 11 is 3.24. The van der Waals surface area contributed by atoms with Crippen LogP contribution in [0.4, 0.5) is 0 Å². The molecule has 3 rings (SSSR count). The number of aryl methyl sites for hydroxylation is 1. The number of benzene rings is 1. The minimum Gasteiger partial charge on any atom is -0.454 e. The monoisotopic (exact) mass is 373 g/mol. The molecule has 1 N–H and O–H groups in total. The minimum atomic E-state index is -0.536. The lowest BCUT2D eigenvalue weighted by molar-refractivity contribution is 0.0461. The van der Waals surface area contributed by atoms with Crippen molar-refractivity contribution in [1.82, 2.24) is 15.0 Å². The average Bonchev–Trinajstić information content (AvgIpc) is 2.53. The number of esters is 1. The first kappa shape index (κ1) is 15.4. The molecule has 0 aliphatic rings. The summed E-state index contributed by atoms with van der Waals surface area (Å²) in [6, 6.07) is 6.99. The third kappa shape index (κ3) is 3.29. The zero-order valence-corrected chi connectivity index (χ0v) is 13.8. The van der Waals surface area contributed by atoms with Gasteiger partial charge in [0, 0.05) is 16.9 Å². The van der Waals surface area contributed by atoms with E-state index in [0.717, 1.165) is 5.56 Å². The molecule has 0 atom stereocenters. The topological polar surface area (TPSA) is 84.9 Å². The van der Waals surface area contributed by atoms with E-state index in [-0.39, 0.29) is 12.2 Å². The van der Waals surface area contributed by atoms with Crippen LogP contribution >= 0.6 is 15.9 Å². The van der Waals surface area contributed by atoms with Crippen LogP contribution in [0.25, 0.3) is 10.9 Å². The second kappa shape index (κ2) is 6.29. The van der Waals surface area contributed by atoms with Gasteiger partial charge in [-0.1, -0.05) is 12.1 Å². The number of hydrogen-bond acceptors (Lipinski definition) is 5. The van der Waals surface area contributed by atoms with Gasteiger partial charge in [0.1, 0.15) is 12.4 Å². The van der Waals surface area contributed by atoms with Gasteiger partial charge in [-0.25, -0.2) is 9.78 Å². The van der Waals surface area contributed by atoms with Crippen LogP contribution in [-0.4, -0.2) is 20.9 Å². The third-order valence-electron chi connectivity index (χ3n) is 3.27. The van der Waals surface area contributed by atoms with Crippen molar-refractivity contribution in [2.24, 2.45) is 0 Å². The molecule has 0 saturated heterocycles. The van der Waals surface area contributed by atoms with Crippen molar-refractivity contribution < 1.29 is 9.53 Å². The van der Waals surface area contributed by atoms with E-state index in [9.17, 15) is 9.59 Å². The van der Waals surface area contributed by atoms with Gasteiger partial charge < -0.3 is 9.72 Å². The maximum Gasteiger partial charge on any atom is 0.340 e. The Kier molecular flexibility index (Phi) is 4.20. The Morgan fingerprint density at radius 3 is 2.96 bits per heavy atom. The molecule has 0 radical (unpaired) electrons. The Labute approximate surface area is 139 Å². The summed E-state index contributed by atoms with van der Waals surface area (Å²) in [6.45, 7) is 1.75. The lowest BCUT2D eigenvalue weighted by Gasteiger charge is -2.06. The molecule has 0 fully saturated rings. The highest BCUT2D eigenvalue weighted by molar-refractivity contribution is 9.10. The van der Waals surface area contributed by atoms with Crippen molar-refractivity contribution in [3.8, 4) is 0 Å². The Hall–Kier alpha value is -2.54. The molecular weight excluding hydrogens is 362 g/mol. The molecule has 116 valence electrons. The number of para-hydroxylation sites is 1. The Morgan fingerprint density at radius 2 is 2.17 bits per heavy atom. The van der Waals surface area contributed by atoms with E-state index in [4.69, 9.17) is 4.74 Å². The van der Waals surface area contributed by atoms with Gasteiger partial charge >= 0.3 is 5.97 Å². The number of hydrogen-bond donors (Lipinski definition) is 1. The van der Waals surface area contributed by atoms with Crippen molar-refractivity contribution in [1.29, 1.82) is 0 Å². The van der Waals surface area contributed by atoms with E-state index in [1.807, 2.05) is 13.0 Å². The van der Waals surface area contributed by atoms with E-state index in [2.05, 4.69) is 30.9 Å². The molecular formula is C16H12BrN3O3. The molecule has 2 heterocycles. The molecule has 1 aromatic carbocycles. The number of carbonyl (C=O) groups is 1. The summed E-state index contributed by atoms with van der Waals surface area (Å²) < 4.78 is 5.86. The molecule has 7 heteroatoms. The van der Waals surface area contributed by atoms with Gasteiger partial charge in [0.25, 0.3) is 5.56 Å². The van der Waals surface area contributed by atoms with Crippen LogP contribution in [-0.2, 0) is 11.3 Å². The number of pyridine rings is 1. The highest BCUT2D eigenvalue weighted by Gasteiger charge is 2.11. The molecule has 0 aliphatic carbocycles. The maximum absolute atomic E-state index is 12.1. The fourth-order valence-electron chi connectivity index (χ4n) is 2.16. The number of nitrogens with one attached hydrogen (secondary N) is 1. The molecule has 0 bridgehead atoms. The first-order valence-electron chi connectivity index (χ1n) is 6.81. The van der Waals surface area contributed by atoms with Gasteiger partial charge in [0.2, 0.25) is 0 Å².